The summed E-state index contributed by atoms with van der Waals surface area (Å²) in [5, 5.41) is 13.8. The van der Waals surface area contributed by atoms with E-state index in [1.807, 2.05) is 6.07 Å². The van der Waals surface area contributed by atoms with Gasteiger partial charge in [0, 0.05) is 25.1 Å². The molecule has 0 aliphatic heterocycles. The summed E-state index contributed by atoms with van der Waals surface area (Å²) in [7, 11) is 0. The van der Waals surface area contributed by atoms with Crippen molar-refractivity contribution in [1.82, 2.24) is 10.3 Å². The molecule has 0 saturated heterocycles. The third-order valence-corrected chi connectivity index (χ3v) is 4.37. The van der Waals surface area contributed by atoms with Gasteiger partial charge < -0.3 is 10.4 Å². The fourth-order valence-corrected chi connectivity index (χ4v) is 3.39. The van der Waals surface area contributed by atoms with Crippen LogP contribution in [0.1, 0.15) is 31.7 Å². The average molecular weight is 278 g/mol. The van der Waals surface area contributed by atoms with Gasteiger partial charge in [-0.3, -0.25) is 0 Å². The highest BCUT2D eigenvalue weighted by Crippen LogP contribution is 2.22. The molecule has 3 nitrogen and oxygen atoms in total. The number of rotatable bonds is 7. The highest BCUT2D eigenvalue weighted by molar-refractivity contribution is 7.18. The number of para-hydroxylation sites is 1. The van der Waals surface area contributed by atoms with Gasteiger partial charge in [0.25, 0.3) is 0 Å². The lowest BCUT2D eigenvalue weighted by molar-refractivity contribution is 0.256. The normalized spacial score (nSPS) is 14.7. The van der Waals surface area contributed by atoms with Crippen molar-refractivity contribution in [1.29, 1.82) is 0 Å². The van der Waals surface area contributed by atoms with Crippen LogP contribution in [0.4, 0.5) is 0 Å². The number of benzene rings is 1. The van der Waals surface area contributed by atoms with E-state index in [0.717, 1.165) is 24.8 Å². The molecule has 1 aromatic carbocycles. The van der Waals surface area contributed by atoms with E-state index >= 15 is 0 Å². The van der Waals surface area contributed by atoms with Crippen LogP contribution < -0.4 is 5.32 Å². The van der Waals surface area contributed by atoms with Crippen LogP contribution in [0.3, 0.4) is 0 Å². The predicted octanol–water partition coefficient (Wildman–Crippen LogP) is 2.98. The summed E-state index contributed by atoms with van der Waals surface area (Å²) in [6.45, 7) is 4.59. The Hall–Kier alpha value is -0.970. The zero-order chi connectivity index (χ0) is 13.7. The molecule has 19 heavy (non-hydrogen) atoms. The standard InChI is InChI=1S/C15H22N2OS/c1-3-12(8-9-18)16-11(2)10-15-17-13-6-4-5-7-14(13)19-15/h4-7,11-12,16,18H,3,8-10H2,1-2H3. The van der Waals surface area contributed by atoms with Gasteiger partial charge in [0.1, 0.15) is 0 Å². The van der Waals surface area contributed by atoms with Crippen molar-refractivity contribution < 1.29 is 5.11 Å². The first-order valence-corrected chi connectivity index (χ1v) is 7.76. The third kappa shape index (κ3) is 4.00. The van der Waals surface area contributed by atoms with Crippen LogP contribution >= 0.6 is 11.3 Å². The van der Waals surface area contributed by atoms with Gasteiger partial charge in [-0.15, -0.1) is 11.3 Å². The van der Waals surface area contributed by atoms with E-state index in [4.69, 9.17) is 5.11 Å². The molecule has 2 aromatic rings. The number of nitrogens with one attached hydrogen (secondary N) is 1. The molecule has 0 fully saturated rings. The summed E-state index contributed by atoms with van der Waals surface area (Å²) in [6, 6.07) is 9.05. The van der Waals surface area contributed by atoms with Gasteiger partial charge in [-0.1, -0.05) is 19.1 Å². The van der Waals surface area contributed by atoms with Gasteiger partial charge in [0.05, 0.1) is 15.2 Å². The summed E-state index contributed by atoms with van der Waals surface area (Å²) in [6.07, 6.45) is 2.81. The van der Waals surface area contributed by atoms with E-state index in [1.165, 1.54) is 9.71 Å². The summed E-state index contributed by atoms with van der Waals surface area (Å²) in [5.41, 5.74) is 1.09. The molecule has 4 heteroatoms. The quantitative estimate of drug-likeness (QED) is 0.818. The Morgan fingerprint density at radius 1 is 1.37 bits per heavy atom. The lowest BCUT2D eigenvalue weighted by atomic mass is 10.1. The van der Waals surface area contributed by atoms with Gasteiger partial charge in [0.2, 0.25) is 0 Å². The molecule has 0 spiro atoms. The van der Waals surface area contributed by atoms with Crippen LogP contribution in [0.25, 0.3) is 10.2 Å². The number of hydrogen-bond acceptors (Lipinski definition) is 4. The zero-order valence-corrected chi connectivity index (χ0v) is 12.4. The van der Waals surface area contributed by atoms with Crippen molar-refractivity contribution in [3.05, 3.63) is 29.3 Å². The van der Waals surface area contributed by atoms with E-state index < -0.39 is 0 Å². The van der Waals surface area contributed by atoms with Crippen molar-refractivity contribution in [2.75, 3.05) is 6.61 Å². The number of fused-ring (bicyclic) bond motifs is 1. The van der Waals surface area contributed by atoms with E-state index in [2.05, 4.69) is 42.3 Å². The van der Waals surface area contributed by atoms with Crippen molar-refractivity contribution in [2.45, 2.75) is 45.2 Å². The van der Waals surface area contributed by atoms with E-state index in [-0.39, 0.29) is 6.61 Å². The largest absolute Gasteiger partial charge is 0.396 e. The Kier molecular flexibility index (Phi) is 5.31. The molecule has 104 valence electrons. The first-order chi connectivity index (χ1) is 9.22. The molecule has 2 unspecified atom stereocenters. The minimum Gasteiger partial charge on any atom is -0.396 e. The minimum absolute atomic E-state index is 0.249. The Morgan fingerprint density at radius 2 is 2.16 bits per heavy atom. The maximum atomic E-state index is 9.02. The number of aliphatic hydroxyl groups is 1. The molecule has 0 saturated carbocycles. The lowest BCUT2D eigenvalue weighted by Gasteiger charge is -2.20. The summed E-state index contributed by atoms with van der Waals surface area (Å²) in [4.78, 5) is 4.66. The average Bonchev–Trinajstić information content (AvgIpc) is 2.80. The second-order valence-electron chi connectivity index (χ2n) is 4.96. The fourth-order valence-electron chi connectivity index (χ4n) is 2.29. The maximum absolute atomic E-state index is 9.02. The van der Waals surface area contributed by atoms with Gasteiger partial charge in [-0.05, 0) is 31.9 Å². The van der Waals surface area contributed by atoms with Gasteiger partial charge in [-0.2, -0.15) is 0 Å². The SMILES string of the molecule is CCC(CCO)NC(C)Cc1nc2ccccc2s1. The van der Waals surface area contributed by atoms with E-state index in [0.29, 0.717) is 12.1 Å². The number of aromatic nitrogens is 1. The third-order valence-electron chi connectivity index (χ3n) is 3.31. The van der Waals surface area contributed by atoms with Crippen LogP contribution in [0.2, 0.25) is 0 Å². The first kappa shape index (κ1) is 14.4. The molecular weight excluding hydrogens is 256 g/mol. The lowest BCUT2D eigenvalue weighted by Crippen LogP contribution is -2.37. The number of hydrogen-bond donors (Lipinski definition) is 2. The molecule has 2 rings (SSSR count). The van der Waals surface area contributed by atoms with Crippen LogP contribution in [-0.2, 0) is 6.42 Å². The minimum atomic E-state index is 0.249. The summed E-state index contributed by atoms with van der Waals surface area (Å²) < 4.78 is 1.26. The van der Waals surface area contributed by atoms with E-state index in [9.17, 15) is 0 Å². The number of aliphatic hydroxyl groups excluding tert-OH is 1. The molecule has 0 aliphatic carbocycles. The monoisotopic (exact) mass is 278 g/mol. The molecular formula is C15H22N2OS. The van der Waals surface area contributed by atoms with Gasteiger partial charge in [-0.25, -0.2) is 4.98 Å². The Balaban J connectivity index is 1.96. The molecule has 1 aromatic heterocycles. The molecule has 0 bridgehead atoms. The molecule has 0 radical (unpaired) electrons. The Bertz CT molecular complexity index is 479. The molecule has 2 atom stereocenters. The van der Waals surface area contributed by atoms with Gasteiger partial charge in [0.15, 0.2) is 0 Å². The van der Waals surface area contributed by atoms with Crippen molar-refractivity contribution in [3.63, 3.8) is 0 Å². The highest BCUT2D eigenvalue weighted by Gasteiger charge is 2.12. The van der Waals surface area contributed by atoms with Crippen molar-refractivity contribution in [3.8, 4) is 0 Å². The zero-order valence-electron chi connectivity index (χ0n) is 11.6. The second-order valence-corrected chi connectivity index (χ2v) is 6.08. The Labute approximate surface area is 118 Å². The van der Waals surface area contributed by atoms with Crippen LogP contribution in [0, 0.1) is 0 Å². The molecule has 0 aliphatic rings. The first-order valence-electron chi connectivity index (χ1n) is 6.94. The van der Waals surface area contributed by atoms with Crippen molar-refractivity contribution in [2.24, 2.45) is 0 Å². The fraction of sp³-hybridized carbons (Fsp3) is 0.533. The second kappa shape index (κ2) is 6.98. The highest BCUT2D eigenvalue weighted by atomic mass is 32.1. The van der Waals surface area contributed by atoms with Crippen LogP contribution in [-0.4, -0.2) is 28.8 Å². The van der Waals surface area contributed by atoms with Crippen LogP contribution in [0.5, 0.6) is 0 Å². The summed E-state index contributed by atoms with van der Waals surface area (Å²) in [5.74, 6) is 0. The van der Waals surface area contributed by atoms with Gasteiger partial charge >= 0.3 is 0 Å². The molecule has 2 N–H and O–H groups in total. The Morgan fingerprint density at radius 3 is 2.84 bits per heavy atom. The predicted molar refractivity (Wildman–Crippen MR) is 81.7 cm³/mol. The molecule has 0 amide bonds. The maximum Gasteiger partial charge on any atom is 0.0954 e. The summed E-state index contributed by atoms with van der Waals surface area (Å²) >= 11 is 1.77. The number of nitrogens with zero attached hydrogens (tertiary/aromatic N) is 1. The molecule has 1 heterocycles. The topological polar surface area (TPSA) is 45.1 Å². The van der Waals surface area contributed by atoms with Crippen LogP contribution in [0.15, 0.2) is 24.3 Å². The number of thiazole rings is 1. The van der Waals surface area contributed by atoms with Crippen molar-refractivity contribution >= 4 is 21.6 Å². The van der Waals surface area contributed by atoms with E-state index in [1.54, 1.807) is 11.3 Å². The smallest absolute Gasteiger partial charge is 0.0954 e.